The number of aromatic nitrogens is 1. The topological polar surface area (TPSA) is 53.0 Å². The number of nitrogens with one attached hydrogen (secondary N) is 1. The number of hydrogen-bond donors (Lipinski definition) is 1. The van der Waals surface area contributed by atoms with E-state index >= 15 is 0 Å². The highest BCUT2D eigenvalue weighted by molar-refractivity contribution is 14.0. The summed E-state index contributed by atoms with van der Waals surface area (Å²) in [5, 5.41) is 6.40. The molecule has 0 fully saturated rings. The fourth-order valence-corrected chi connectivity index (χ4v) is 3.73. The van der Waals surface area contributed by atoms with Gasteiger partial charge in [-0.15, -0.1) is 35.3 Å². The molecule has 0 bridgehead atoms. The van der Waals surface area contributed by atoms with E-state index in [0.717, 1.165) is 22.2 Å². The van der Waals surface area contributed by atoms with Crippen molar-refractivity contribution in [3.8, 4) is 0 Å². The number of halogens is 2. The van der Waals surface area contributed by atoms with Crippen LogP contribution in [0.5, 0.6) is 0 Å². The maximum atomic E-state index is 13.6. The van der Waals surface area contributed by atoms with Gasteiger partial charge in [0.05, 0.1) is 18.3 Å². The van der Waals surface area contributed by atoms with Crippen molar-refractivity contribution in [3.05, 3.63) is 51.7 Å². The third-order valence-electron chi connectivity index (χ3n) is 4.55. The number of benzene rings is 1. The zero-order chi connectivity index (χ0) is 20.7. The molecule has 0 saturated heterocycles. The minimum atomic E-state index is -0.226. The molecule has 2 unspecified atom stereocenters. The molecule has 2 rings (SSSR count). The van der Waals surface area contributed by atoms with Gasteiger partial charge in [-0.25, -0.2) is 9.37 Å². The first-order chi connectivity index (χ1) is 13.3. The standard InChI is InChI=1S/C20H30FN5OS.HI/c1-14(27-6)19-24-17(13-28-19)12-26(5)20(22-2)23-11-18(25(3)4)15-8-7-9-16(21)10-15;/h7-10,13-14,18H,11-12H2,1-6H3,(H,22,23);1H. The average Bonchev–Trinajstić information content (AvgIpc) is 3.12. The van der Waals surface area contributed by atoms with Crippen LogP contribution in [0.15, 0.2) is 34.6 Å². The first kappa shape index (κ1) is 25.7. The molecular weight excluding hydrogens is 504 g/mol. The molecule has 0 saturated carbocycles. The molecule has 9 heteroatoms. The van der Waals surface area contributed by atoms with E-state index in [4.69, 9.17) is 4.74 Å². The Kier molecular flexibility index (Phi) is 11.0. The van der Waals surface area contributed by atoms with Gasteiger partial charge in [-0.2, -0.15) is 0 Å². The first-order valence-electron chi connectivity index (χ1n) is 9.16. The average molecular weight is 535 g/mol. The quantitative estimate of drug-likeness (QED) is 0.316. The Bertz CT molecular complexity index is 786. The lowest BCUT2D eigenvalue weighted by Gasteiger charge is -2.28. The van der Waals surface area contributed by atoms with Gasteiger partial charge in [0, 0.05) is 33.1 Å². The molecule has 2 atom stereocenters. The third-order valence-corrected chi connectivity index (χ3v) is 5.61. The van der Waals surface area contributed by atoms with Crippen LogP contribution in [-0.2, 0) is 11.3 Å². The molecule has 1 aromatic carbocycles. The highest BCUT2D eigenvalue weighted by Crippen LogP contribution is 2.21. The van der Waals surface area contributed by atoms with E-state index in [1.807, 2.05) is 44.4 Å². The fourth-order valence-electron chi connectivity index (χ4n) is 2.89. The largest absolute Gasteiger partial charge is 0.375 e. The van der Waals surface area contributed by atoms with Crippen LogP contribution in [0.4, 0.5) is 4.39 Å². The summed E-state index contributed by atoms with van der Waals surface area (Å²) in [6, 6.07) is 6.74. The molecule has 29 heavy (non-hydrogen) atoms. The summed E-state index contributed by atoms with van der Waals surface area (Å²) in [6.07, 6.45) is -0.00592. The molecule has 0 aliphatic heterocycles. The van der Waals surface area contributed by atoms with Crippen LogP contribution in [0.3, 0.4) is 0 Å². The number of hydrogen-bond acceptors (Lipinski definition) is 5. The zero-order valence-corrected chi connectivity index (χ0v) is 21.0. The van der Waals surface area contributed by atoms with Gasteiger partial charge < -0.3 is 19.9 Å². The lowest BCUT2D eigenvalue weighted by molar-refractivity contribution is 0.119. The van der Waals surface area contributed by atoms with Crippen molar-refractivity contribution in [2.75, 3.05) is 41.8 Å². The fraction of sp³-hybridized carbons (Fsp3) is 0.500. The first-order valence-corrected chi connectivity index (χ1v) is 10.0. The predicted molar refractivity (Wildman–Crippen MR) is 129 cm³/mol. The van der Waals surface area contributed by atoms with Crippen molar-refractivity contribution in [3.63, 3.8) is 0 Å². The van der Waals surface area contributed by atoms with E-state index in [1.54, 1.807) is 37.6 Å². The van der Waals surface area contributed by atoms with E-state index in [1.165, 1.54) is 6.07 Å². The number of guanidine groups is 1. The summed E-state index contributed by atoms with van der Waals surface area (Å²) in [6.45, 7) is 3.23. The molecule has 0 amide bonds. The number of rotatable bonds is 8. The van der Waals surface area contributed by atoms with Crippen molar-refractivity contribution < 1.29 is 9.13 Å². The number of likely N-dealkylation sites (N-methyl/N-ethyl adjacent to an activating group) is 1. The van der Waals surface area contributed by atoms with Crippen LogP contribution in [0.2, 0.25) is 0 Å². The van der Waals surface area contributed by atoms with Gasteiger partial charge >= 0.3 is 0 Å². The lowest BCUT2D eigenvalue weighted by atomic mass is 10.1. The lowest BCUT2D eigenvalue weighted by Crippen LogP contribution is -2.42. The van der Waals surface area contributed by atoms with Gasteiger partial charge in [0.25, 0.3) is 0 Å². The van der Waals surface area contributed by atoms with E-state index in [0.29, 0.717) is 13.1 Å². The maximum Gasteiger partial charge on any atom is 0.193 e. The summed E-state index contributed by atoms with van der Waals surface area (Å²) >= 11 is 1.60. The molecule has 1 N–H and O–H groups in total. The van der Waals surface area contributed by atoms with Crippen LogP contribution in [-0.4, -0.2) is 62.6 Å². The zero-order valence-electron chi connectivity index (χ0n) is 17.8. The van der Waals surface area contributed by atoms with Crippen molar-refractivity contribution in [1.29, 1.82) is 0 Å². The SMILES string of the molecule is CN=C(NCC(c1cccc(F)c1)N(C)C)N(C)Cc1csc(C(C)OC)n1.I. The van der Waals surface area contributed by atoms with Crippen molar-refractivity contribution in [2.24, 2.45) is 4.99 Å². The van der Waals surface area contributed by atoms with Crippen LogP contribution in [0.25, 0.3) is 0 Å². The smallest absolute Gasteiger partial charge is 0.193 e. The monoisotopic (exact) mass is 535 g/mol. The molecule has 0 spiro atoms. The Hall–Kier alpha value is -1.30. The molecule has 0 radical (unpaired) electrons. The second kappa shape index (κ2) is 12.4. The Morgan fingerprint density at radius 1 is 1.34 bits per heavy atom. The van der Waals surface area contributed by atoms with Crippen LogP contribution >= 0.6 is 35.3 Å². The Morgan fingerprint density at radius 3 is 2.66 bits per heavy atom. The predicted octanol–water partition coefficient (Wildman–Crippen LogP) is 3.92. The molecule has 2 aromatic rings. The van der Waals surface area contributed by atoms with Gasteiger partial charge in [-0.1, -0.05) is 12.1 Å². The highest BCUT2D eigenvalue weighted by atomic mass is 127. The third kappa shape index (κ3) is 7.47. The normalized spacial score (nSPS) is 13.7. The van der Waals surface area contributed by atoms with E-state index in [9.17, 15) is 4.39 Å². The van der Waals surface area contributed by atoms with Gasteiger partial charge in [0.15, 0.2) is 5.96 Å². The number of aliphatic imine (C=N–C) groups is 1. The molecule has 162 valence electrons. The molecule has 6 nitrogen and oxygen atoms in total. The van der Waals surface area contributed by atoms with Crippen molar-refractivity contribution in [2.45, 2.75) is 25.6 Å². The van der Waals surface area contributed by atoms with Crippen molar-refractivity contribution >= 4 is 41.3 Å². The second-order valence-corrected chi connectivity index (χ2v) is 7.76. The number of ether oxygens (including phenoxy) is 1. The minimum Gasteiger partial charge on any atom is -0.375 e. The molecule has 0 aliphatic carbocycles. The molecule has 0 aliphatic rings. The van der Waals surface area contributed by atoms with E-state index in [2.05, 4.69) is 20.2 Å². The summed E-state index contributed by atoms with van der Waals surface area (Å²) in [5.41, 5.74) is 1.90. The van der Waals surface area contributed by atoms with Gasteiger partial charge in [-0.3, -0.25) is 4.99 Å². The second-order valence-electron chi connectivity index (χ2n) is 6.87. The van der Waals surface area contributed by atoms with Gasteiger partial charge in [0.1, 0.15) is 16.9 Å². The van der Waals surface area contributed by atoms with Gasteiger partial charge in [0.2, 0.25) is 0 Å². The molecule has 1 heterocycles. The number of methoxy groups -OCH3 is 1. The summed E-state index contributed by atoms with van der Waals surface area (Å²) in [4.78, 5) is 13.1. The Morgan fingerprint density at radius 2 is 2.07 bits per heavy atom. The maximum absolute atomic E-state index is 13.6. The van der Waals surface area contributed by atoms with Gasteiger partial charge in [-0.05, 0) is 38.7 Å². The van der Waals surface area contributed by atoms with Crippen LogP contribution in [0.1, 0.15) is 35.3 Å². The highest BCUT2D eigenvalue weighted by Gasteiger charge is 2.17. The number of thiazole rings is 1. The molecular formula is C20H31FIN5OS. The Balaban J connectivity index is 0.00000420. The van der Waals surface area contributed by atoms with E-state index < -0.39 is 0 Å². The number of nitrogens with zero attached hydrogens (tertiary/aromatic N) is 4. The summed E-state index contributed by atoms with van der Waals surface area (Å²) in [7, 11) is 9.38. The van der Waals surface area contributed by atoms with Crippen LogP contribution < -0.4 is 5.32 Å². The van der Waals surface area contributed by atoms with Crippen LogP contribution in [0, 0.1) is 5.82 Å². The summed E-state index contributed by atoms with van der Waals surface area (Å²) in [5.74, 6) is 0.535. The van der Waals surface area contributed by atoms with Crippen molar-refractivity contribution in [1.82, 2.24) is 20.1 Å². The minimum absolute atomic E-state index is 0. The Labute approximate surface area is 194 Å². The van der Waals surface area contributed by atoms with E-state index in [-0.39, 0.29) is 41.9 Å². The summed E-state index contributed by atoms with van der Waals surface area (Å²) < 4.78 is 19.0. The molecule has 1 aromatic heterocycles.